The van der Waals surface area contributed by atoms with Crippen molar-refractivity contribution in [3.8, 4) is 0 Å². The average molecular weight is 226 g/mol. The zero-order valence-corrected chi connectivity index (χ0v) is 9.48. The smallest absolute Gasteiger partial charge is 0.342 e. The Balaban J connectivity index is 2.96. The summed E-state index contributed by atoms with van der Waals surface area (Å²) in [6.07, 6.45) is 4.84. The van der Waals surface area contributed by atoms with E-state index >= 15 is 0 Å². The number of hydrogen-bond donors (Lipinski definition) is 0. The van der Waals surface area contributed by atoms with Gasteiger partial charge >= 0.3 is 11.9 Å². The fraction of sp³-hybridized carbons (Fsp3) is 0.455. The molecule has 1 rings (SSSR count). The third-order valence-electron chi connectivity index (χ3n) is 2.46. The van der Waals surface area contributed by atoms with Crippen LogP contribution in [-0.4, -0.2) is 38.9 Å². The Labute approximate surface area is 93.7 Å². The van der Waals surface area contributed by atoms with Gasteiger partial charge in [0.1, 0.15) is 0 Å². The molecule has 5 heteroatoms. The van der Waals surface area contributed by atoms with Crippen LogP contribution in [0.15, 0.2) is 23.8 Å². The molecule has 1 aliphatic rings. The minimum absolute atomic E-state index is 0.110. The highest BCUT2D eigenvalue weighted by molar-refractivity contribution is 5.92. The summed E-state index contributed by atoms with van der Waals surface area (Å²) in [7, 11) is 3.95. The fourth-order valence-corrected chi connectivity index (χ4v) is 1.53. The molecule has 0 amide bonds. The van der Waals surface area contributed by atoms with Crippen LogP contribution in [0, 0.1) is 0 Å². The van der Waals surface area contributed by atoms with Gasteiger partial charge in [-0.05, 0) is 6.08 Å². The standard InChI is InChI=1S/C11H14O5/c1-14-9(12)8-5-4-6-11(7-8,16-3)10(13)15-2/h4-6H,7H2,1-3H3. The average Bonchev–Trinajstić information content (AvgIpc) is 2.36. The summed E-state index contributed by atoms with van der Waals surface area (Å²) in [4.78, 5) is 22.9. The SMILES string of the molecule is COC(=O)C1=CC=CC(OC)(C(=O)OC)C1. The van der Waals surface area contributed by atoms with Gasteiger partial charge in [0.25, 0.3) is 0 Å². The second-order valence-electron chi connectivity index (χ2n) is 3.30. The Hall–Kier alpha value is -1.62. The Morgan fingerprint density at radius 1 is 1.25 bits per heavy atom. The first-order valence-corrected chi connectivity index (χ1v) is 4.70. The number of carbonyl (C=O) groups excluding carboxylic acids is 2. The number of allylic oxidation sites excluding steroid dienone is 2. The van der Waals surface area contributed by atoms with Gasteiger partial charge in [0.15, 0.2) is 5.60 Å². The summed E-state index contributed by atoms with van der Waals surface area (Å²) in [5, 5.41) is 0. The normalized spacial score (nSPS) is 23.6. The molecule has 0 saturated carbocycles. The van der Waals surface area contributed by atoms with E-state index in [0.29, 0.717) is 5.57 Å². The van der Waals surface area contributed by atoms with Gasteiger partial charge in [0, 0.05) is 19.1 Å². The molecule has 16 heavy (non-hydrogen) atoms. The van der Waals surface area contributed by atoms with E-state index in [2.05, 4.69) is 9.47 Å². The lowest BCUT2D eigenvalue weighted by molar-refractivity contribution is -0.160. The molecule has 0 N–H and O–H groups in total. The minimum Gasteiger partial charge on any atom is -0.467 e. The van der Waals surface area contributed by atoms with Crippen LogP contribution in [0.25, 0.3) is 0 Å². The van der Waals surface area contributed by atoms with Gasteiger partial charge in [-0.2, -0.15) is 0 Å². The third kappa shape index (κ3) is 2.14. The Morgan fingerprint density at radius 2 is 1.94 bits per heavy atom. The van der Waals surface area contributed by atoms with Crippen molar-refractivity contribution in [2.75, 3.05) is 21.3 Å². The number of esters is 2. The predicted molar refractivity (Wildman–Crippen MR) is 55.6 cm³/mol. The molecular formula is C11H14O5. The predicted octanol–water partition coefficient (Wildman–Crippen LogP) is 0.604. The molecule has 0 radical (unpaired) electrons. The molecule has 0 heterocycles. The first-order chi connectivity index (χ1) is 7.59. The van der Waals surface area contributed by atoms with Crippen LogP contribution < -0.4 is 0 Å². The largest absolute Gasteiger partial charge is 0.467 e. The second kappa shape index (κ2) is 4.94. The summed E-state index contributed by atoms with van der Waals surface area (Å²) in [5.41, 5.74) is -0.857. The van der Waals surface area contributed by atoms with Crippen LogP contribution in [0.1, 0.15) is 6.42 Å². The van der Waals surface area contributed by atoms with E-state index in [0.717, 1.165) is 0 Å². The summed E-state index contributed by atoms with van der Waals surface area (Å²) < 4.78 is 14.4. The minimum atomic E-state index is -1.23. The van der Waals surface area contributed by atoms with Crippen molar-refractivity contribution in [2.24, 2.45) is 0 Å². The summed E-state index contributed by atoms with van der Waals surface area (Å²) in [5.74, 6) is -1.02. The molecule has 5 nitrogen and oxygen atoms in total. The Bertz CT molecular complexity index is 355. The van der Waals surface area contributed by atoms with E-state index < -0.39 is 17.5 Å². The van der Waals surface area contributed by atoms with Crippen molar-refractivity contribution in [2.45, 2.75) is 12.0 Å². The highest BCUT2D eigenvalue weighted by Crippen LogP contribution is 2.28. The van der Waals surface area contributed by atoms with Crippen LogP contribution in [0.5, 0.6) is 0 Å². The van der Waals surface area contributed by atoms with Gasteiger partial charge in [0.05, 0.1) is 14.2 Å². The summed E-state index contributed by atoms with van der Waals surface area (Å²) >= 11 is 0. The maximum Gasteiger partial charge on any atom is 0.342 e. The van der Waals surface area contributed by atoms with E-state index in [1.54, 1.807) is 18.2 Å². The van der Waals surface area contributed by atoms with Gasteiger partial charge in [-0.1, -0.05) is 12.2 Å². The molecule has 0 bridgehead atoms. The molecule has 0 aromatic heterocycles. The van der Waals surface area contributed by atoms with Crippen molar-refractivity contribution >= 4 is 11.9 Å². The van der Waals surface area contributed by atoms with Gasteiger partial charge < -0.3 is 14.2 Å². The lowest BCUT2D eigenvalue weighted by Crippen LogP contribution is -2.42. The van der Waals surface area contributed by atoms with E-state index in [-0.39, 0.29) is 6.42 Å². The molecule has 88 valence electrons. The quantitative estimate of drug-likeness (QED) is 0.659. The molecule has 0 aromatic rings. The number of hydrogen-bond acceptors (Lipinski definition) is 5. The van der Waals surface area contributed by atoms with Crippen LogP contribution in [-0.2, 0) is 23.8 Å². The highest BCUT2D eigenvalue weighted by atomic mass is 16.6. The molecule has 0 spiro atoms. The van der Waals surface area contributed by atoms with E-state index in [9.17, 15) is 9.59 Å². The van der Waals surface area contributed by atoms with Crippen molar-refractivity contribution < 1.29 is 23.8 Å². The van der Waals surface area contributed by atoms with Crippen LogP contribution in [0.4, 0.5) is 0 Å². The molecule has 0 saturated heterocycles. The first kappa shape index (κ1) is 12.4. The molecule has 1 aliphatic carbocycles. The van der Waals surface area contributed by atoms with Crippen molar-refractivity contribution in [3.05, 3.63) is 23.8 Å². The second-order valence-corrected chi connectivity index (χ2v) is 3.30. The van der Waals surface area contributed by atoms with Gasteiger partial charge in [-0.25, -0.2) is 9.59 Å². The number of methoxy groups -OCH3 is 3. The number of ether oxygens (including phenoxy) is 3. The Kier molecular flexibility index (Phi) is 3.84. The first-order valence-electron chi connectivity index (χ1n) is 4.70. The topological polar surface area (TPSA) is 61.8 Å². The molecule has 1 atom stereocenters. The van der Waals surface area contributed by atoms with Crippen molar-refractivity contribution in [3.63, 3.8) is 0 Å². The Morgan fingerprint density at radius 3 is 2.44 bits per heavy atom. The highest BCUT2D eigenvalue weighted by Gasteiger charge is 2.40. The zero-order valence-electron chi connectivity index (χ0n) is 9.48. The maximum atomic E-state index is 11.6. The van der Waals surface area contributed by atoms with Crippen molar-refractivity contribution in [1.29, 1.82) is 0 Å². The molecular weight excluding hydrogens is 212 g/mol. The summed E-state index contributed by atoms with van der Waals surface area (Å²) in [6, 6.07) is 0. The van der Waals surface area contributed by atoms with Crippen LogP contribution >= 0.6 is 0 Å². The zero-order chi connectivity index (χ0) is 12.2. The van der Waals surface area contributed by atoms with Gasteiger partial charge in [-0.3, -0.25) is 0 Å². The molecule has 0 aromatic carbocycles. The van der Waals surface area contributed by atoms with Crippen LogP contribution in [0.3, 0.4) is 0 Å². The van der Waals surface area contributed by atoms with Crippen LogP contribution in [0.2, 0.25) is 0 Å². The maximum absolute atomic E-state index is 11.6. The lowest BCUT2D eigenvalue weighted by atomic mass is 9.89. The number of rotatable bonds is 3. The van der Waals surface area contributed by atoms with E-state index in [1.807, 2.05) is 0 Å². The number of carbonyl (C=O) groups is 2. The van der Waals surface area contributed by atoms with Gasteiger partial charge in [-0.15, -0.1) is 0 Å². The third-order valence-corrected chi connectivity index (χ3v) is 2.46. The summed E-state index contributed by atoms with van der Waals surface area (Å²) in [6.45, 7) is 0. The van der Waals surface area contributed by atoms with Gasteiger partial charge in [0.2, 0.25) is 0 Å². The van der Waals surface area contributed by atoms with Crippen molar-refractivity contribution in [1.82, 2.24) is 0 Å². The molecule has 0 fully saturated rings. The lowest BCUT2D eigenvalue weighted by Gasteiger charge is -2.28. The fourth-order valence-electron chi connectivity index (χ4n) is 1.53. The monoisotopic (exact) mass is 226 g/mol. The van der Waals surface area contributed by atoms with E-state index in [1.165, 1.54) is 21.3 Å². The van der Waals surface area contributed by atoms with E-state index in [4.69, 9.17) is 4.74 Å². The molecule has 1 unspecified atom stereocenters. The molecule has 0 aliphatic heterocycles.